The molecule has 5 heteroatoms. The zero-order chi connectivity index (χ0) is 10.3. The van der Waals surface area contributed by atoms with Crippen LogP contribution in [0.15, 0.2) is 18.2 Å². The molecule has 1 heterocycles. The van der Waals surface area contributed by atoms with Gasteiger partial charge in [-0.1, -0.05) is 6.07 Å². The first-order valence-corrected chi connectivity index (χ1v) is 3.82. The third kappa shape index (κ3) is 0.961. The number of carbonyl (C=O) groups is 3. The van der Waals surface area contributed by atoms with Gasteiger partial charge in [0.05, 0.1) is 11.1 Å². The van der Waals surface area contributed by atoms with Crippen molar-refractivity contribution in [3.05, 3.63) is 34.9 Å². The number of amides is 2. The lowest BCUT2D eigenvalue weighted by atomic mass is 10.1. The van der Waals surface area contributed by atoms with Crippen molar-refractivity contribution in [2.24, 2.45) is 0 Å². The number of nitrogens with zero attached hydrogens (tertiary/aromatic N) is 1. The molecular weight excluding hydrogens is 186 g/mol. The zero-order valence-corrected chi connectivity index (χ0v) is 6.93. The standard InChI is InChI=1S/C9H5NO4/c11-4-5-1-2-6-7(3-5)9(13)10(14)8(6)12/h1-4,14H. The monoisotopic (exact) mass is 191 g/mol. The van der Waals surface area contributed by atoms with Crippen LogP contribution in [0.25, 0.3) is 0 Å². The molecule has 0 fully saturated rings. The summed E-state index contributed by atoms with van der Waals surface area (Å²) in [5.41, 5.74) is 0.463. The van der Waals surface area contributed by atoms with Gasteiger partial charge in [-0.2, -0.15) is 0 Å². The molecule has 0 aliphatic carbocycles. The highest BCUT2D eigenvalue weighted by atomic mass is 16.5. The Hall–Kier alpha value is -2.01. The van der Waals surface area contributed by atoms with E-state index in [0.29, 0.717) is 11.8 Å². The van der Waals surface area contributed by atoms with Crippen molar-refractivity contribution in [2.45, 2.75) is 0 Å². The van der Waals surface area contributed by atoms with Gasteiger partial charge in [0, 0.05) is 5.56 Å². The van der Waals surface area contributed by atoms with Crippen LogP contribution >= 0.6 is 0 Å². The molecule has 2 amide bonds. The van der Waals surface area contributed by atoms with Crippen molar-refractivity contribution in [2.75, 3.05) is 0 Å². The molecule has 2 rings (SSSR count). The molecule has 0 bridgehead atoms. The largest absolute Gasteiger partial charge is 0.298 e. The normalized spacial score (nSPS) is 14.5. The molecule has 0 atom stereocenters. The van der Waals surface area contributed by atoms with Crippen LogP contribution in [0.4, 0.5) is 0 Å². The summed E-state index contributed by atoms with van der Waals surface area (Å²) in [7, 11) is 0. The van der Waals surface area contributed by atoms with Gasteiger partial charge in [0.15, 0.2) is 0 Å². The summed E-state index contributed by atoms with van der Waals surface area (Å²) in [4.78, 5) is 32.8. The fraction of sp³-hybridized carbons (Fsp3) is 0. The Morgan fingerprint density at radius 1 is 1.14 bits per heavy atom. The van der Waals surface area contributed by atoms with E-state index in [0.717, 1.165) is 0 Å². The molecule has 5 nitrogen and oxygen atoms in total. The molecule has 1 N–H and O–H groups in total. The van der Waals surface area contributed by atoms with Crippen LogP contribution in [0.3, 0.4) is 0 Å². The van der Waals surface area contributed by atoms with E-state index in [2.05, 4.69) is 0 Å². The summed E-state index contributed by atoms with van der Waals surface area (Å²) in [6.07, 6.45) is 0.568. The van der Waals surface area contributed by atoms with Gasteiger partial charge in [0.2, 0.25) is 0 Å². The summed E-state index contributed by atoms with van der Waals surface area (Å²) in [6.45, 7) is 0. The number of rotatable bonds is 1. The number of carbonyl (C=O) groups excluding carboxylic acids is 3. The summed E-state index contributed by atoms with van der Waals surface area (Å²) in [5, 5.41) is 9.04. The van der Waals surface area contributed by atoms with Crippen molar-refractivity contribution in [1.29, 1.82) is 0 Å². The van der Waals surface area contributed by atoms with Gasteiger partial charge in [0.1, 0.15) is 6.29 Å². The molecule has 1 aromatic carbocycles. The lowest BCUT2D eigenvalue weighted by Crippen LogP contribution is -2.25. The Balaban J connectivity index is 2.64. The third-order valence-corrected chi connectivity index (χ3v) is 2.03. The van der Waals surface area contributed by atoms with E-state index in [1.54, 1.807) is 0 Å². The number of imide groups is 1. The first-order valence-electron chi connectivity index (χ1n) is 3.82. The van der Waals surface area contributed by atoms with E-state index in [-0.39, 0.29) is 16.2 Å². The molecule has 70 valence electrons. The van der Waals surface area contributed by atoms with Crippen LogP contribution in [0.1, 0.15) is 31.1 Å². The molecular formula is C9H5NO4. The molecule has 0 unspecified atom stereocenters. The van der Waals surface area contributed by atoms with E-state index in [1.165, 1.54) is 18.2 Å². The fourth-order valence-corrected chi connectivity index (χ4v) is 1.32. The summed E-state index contributed by atoms with van der Waals surface area (Å²) >= 11 is 0. The minimum Gasteiger partial charge on any atom is -0.298 e. The molecule has 14 heavy (non-hydrogen) atoms. The molecule has 0 saturated heterocycles. The summed E-state index contributed by atoms with van der Waals surface area (Å²) in [6, 6.07) is 4.03. The van der Waals surface area contributed by atoms with Gasteiger partial charge in [-0.05, 0) is 12.1 Å². The maximum Gasteiger partial charge on any atom is 0.285 e. The molecule has 1 aromatic rings. The van der Waals surface area contributed by atoms with Crippen molar-refractivity contribution < 1.29 is 19.6 Å². The Morgan fingerprint density at radius 2 is 1.79 bits per heavy atom. The van der Waals surface area contributed by atoms with Crippen LogP contribution in [0.2, 0.25) is 0 Å². The first-order chi connectivity index (χ1) is 6.65. The van der Waals surface area contributed by atoms with Crippen molar-refractivity contribution in [1.82, 2.24) is 5.06 Å². The second kappa shape index (κ2) is 2.74. The molecule has 0 saturated carbocycles. The molecule has 1 aliphatic rings. The number of benzene rings is 1. The van der Waals surface area contributed by atoms with E-state index in [1.807, 2.05) is 0 Å². The number of hydroxylamine groups is 2. The highest BCUT2D eigenvalue weighted by Crippen LogP contribution is 2.21. The first kappa shape index (κ1) is 8.58. The second-order valence-corrected chi connectivity index (χ2v) is 2.84. The van der Waals surface area contributed by atoms with Crippen molar-refractivity contribution in [3.8, 4) is 0 Å². The van der Waals surface area contributed by atoms with Gasteiger partial charge in [-0.15, -0.1) is 5.06 Å². The van der Waals surface area contributed by atoms with Gasteiger partial charge < -0.3 is 0 Å². The Labute approximate surface area is 78.5 Å². The number of fused-ring (bicyclic) bond motifs is 1. The number of hydrogen-bond acceptors (Lipinski definition) is 4. The topological polar surface area (TPSA) is 74.7 Å². The van der Waals surface area contributed by atoms with Crippen LogP contribution in [-0.2, 0) is 0 Å². The van der Waals surface area contributed by atoms with Crippen molar-refractivity contribution >= 4 is 18.1 Å². The number of hydrogen-bond donors (Lipinski definition) is 1. The Morgan fingerprint density at radius 3 is 2.43 bits per heavy atom. The smallest absolute Gasteiger partial charge is 0.285 e. The lowest BCUT2D eigenvalue weighted by Gasteiger charge is -1.99. The molecule has 0 spiro atoms. The summed E-state index contributed by atoms with van der Waals surface area (Å²) < 4.78 is 0. The lowest BCUT2D eigenvalue weighted by molar-refractivity contribution is -0.0327. The van der Waals surface area contributed by atoms with E-state index < -0.39 is 11.8 Å². The van der Waals surface area contributed by atoms with Gasteiger partial charge in [-0.25, -0.2) is 0 Å². The highest BCUT2D eigenvalue weighted by Gasteiger charge is 2.34. The highest BCUT2D eigenvalue weighted by molar-refractivity contribution is 6.20. The Kier molecular flexibility index (Phi) is 1.68. The quantitative estimate of drug-likeness (QED) is 0.398. The van der Waals surface area contributed by atoms with Crippen LogP contribution < -0.4 is 0 Å². The summed E-state index contributed by atoms with van der Waals surface area (Å²) in [5.74, 6) is -1.56. The molecule has 0 aromatic heterocycles. The predicted molar refractivity (Wildman–Crippen MR) is 44.1 cm³/mol. The minimum absolute atomic E-state index is 0.0409. The predicted octanol–water partition coefficient (Wildman–Crippen LogP) is 0.484. The number of aldehydes is 1. The van der Waals surface area contributed by atoms with E-state index in [4.69, 9.17) is 5.21 Å². The van der Waals surface area contributed by atoms with E-state index >= 15 is 0 Å². The minimum atomic E-state index is -0.798. The van der Waals surface area contributed by atoms with Gasteiger partial charge in [0.25, 0.3) is 11.8 Å². The average molecular weight is 191 g/mol. The SMILES string of the molecule is O=Cc1ccc2c(c1)C(=O)N(O)C2=O. The third-order valence-electron chi connectivity index (χ3n) is 2.03. The van der Waals surface area contributed by atoms with Crippen LogP contribution in [0, 0.1) is 0 Å². The van der Waals surface area contributed by atoms with Gasteiger partial charge in [-0.3, -0.25) is 19.6 Å². The van der Waals surface area contributed by atoms with Crippen molar-refractivity contribution in [3.63, 3.8) is 0 Å². The molecule has 0 radical (unpaired) electrons. The van der Waals surface area contributed by atoms with Crippen LogP contribution in [0.5, 0.6) is 0 Å². The van der Waals surface area contributed by atoms with E-state index in [9.17, 15) is 14.4 Å². The molecule has 1 aliphatic heterocycles. The Bertz CT molecular complexity index is 452. The maximum absolute atomic E-state index is 11.2. The maximum atomic E-state index is 11.2. The van der Waals surface area contributed by atoms with Crippen LogP contribution in [-0.4, -0.2) is 28.4 Å². The zero-order valence-electron chi connectivity index (χ0n) is 6.93. The average Bonchev–Trinajstić information content (AvgIpc) is 2.44. The second-order valence-electron chi connectivity index (χ2n) is 2.84. The fourth-order valence-electron chi connectivity index (χ4n) is 1.32. The van der Waals surface area contributed by atoms with Gasteiger partial charge >= 0.3 is 0 Å².